The maximum Gasteiger partial charge on any atom is 0.228 e. The van der Waals surface area contributed by atoms with Crippen LogP contribution in [0.15, 0.2) is 71.3 Å². The lowest BCUT2D eigenvalue weighted by molar-refractivity contribution is -0.130. The van der Waals surface area contributed by atoms with Crippen molar-refractivity contribution in [2.45, 2.75) is 26.2 Å². The number of methoxy groups -OCH3 is 2. The largest absolute Gasteiger partial charge is 0.493 e. The van der Waals surface area contributed by atoms with Crippen molar-refractivity contribution in [2.24, 2.45) is 0 Å². The van der Waals surface area contributed by atoms with E-state index in [0.29, 0.717) is 49.1 Å². The van der Waals surface area contributed by atoms with Crippen molar-refractivity contribution in [1.29, 1.82) is 0 Å². The summed E-state index contributed by atoms with van der Waals surface area (Å²) in [5, 5.41) is 4.09. The number of rotatable bonds is 11. The van der Waals surface area contributed by atoms with Gasteiger partial charge in [0.2, 0.25) is 17.6 Å². The zero-order valence-corrected chi connectivity index (χ0v) is 21.2. The van der Waals surface area contributed by atoms with Crippen molar-refractivity contribution < 1.29 is 23.2 Å². The molecule has 37 heavy (non-hydrogen) atoms. The molecular weight excluding hydrogens is 473 g/mol. The first-order valence-corrected chi connectivity index (χ1v) is 12.1. The standard InChI is InChI=1S/C29H30FN3O4/c1-20-4-9-23(10-5-20)29-31-27(37-32-29)15-17-33(28(34)19-21-6-11-24(30)12-7-21)16-14-22-8-13-25(35-2)26(18-22)36-3/h4-13,18H,14-17,19H2,1-3H3. The molecule has 3 aromatic carbocycles. The van der Waals surface area contributed by atoms with Crippen LogP contribution < -0.4 is 9.47 Å². The summed E-state index contributed by atoms with van der Waals surface area (Å²) >= 11 is 0. The van der Waals surface area contributed by atoms with Crippen LogP contribution in [0.25, 0.3) is 11.4 Å². The summed E-state index contributed by atoms with van der Waals surface area (Å²) in [4.78, 5) is 19.5. The Morgan fingerprint density at radius 1 is 0.892 bits per heavy atom. The number of carbonyl (C=O) groups is 1. The van der Waals surface area contributed by atoms with Gasteiger partial charge in [0.1, 0.15) is 5.82 Å². The zero-order valence-electron chi connectivity index (χ0n) is 21.2. The molecule has 0 saturated carbocycles. The lowest BCUT2D eigenvalue weighted by Crippen LogP contribution is -2.36. The summed E-state index contributed by atoms with van der Waals surface area (Å²) in [6, 6.07) is 19.6. The summed E-state index contributed by atoms with van der Waals surface area (Å²) in [5.41, 5.74) is 3.79. The third kappa shape index (κ3) is 6.94. The topological polar surface area (TPSA) is 77.7 Å². The average molecular weight is 504 g/mol. The van der Waals surface area contributed by atoms with Gasteiger partial charge in [0, 0.05) is 25.1 Å². The SMILES string of the molecule is COc1ccc(CCN(CCc2nc(-c3ccc(C)cc3)no2)C(=O)Cc2ccc(F)cc2)cc1OC. The Balaban J connectivity index is 1.46. The molecule has 1 aromatic heterocycles. The van der Waals surface area contributed by atoms with Gasteiger partial charge in [-0.05, 0) is 48.7 Å². The summed E-state index contributed by atoms with van der Waals surface area (Å²) in [5.74, 6) is 1.87. The quantitative estimate of drug-likeness (QED) is 0.285. The summed E-state index contributed by atoms with van der Waals surface area (Å²) in [6.07, 6.45) is 1.21. The van der Waals surface area contributed by atoms with Gasteiger partial charge in [0.05, 0.1) is 20.6 Å². The highest BCUT2D eigenvalue weighted by Gasteiger charge is 2.17. The van der Waals surface area contributed by atoms with Crippen LogP contribution >= 0.6 is 0 Å². The summed E-state index contributed by atoms with van der Waals surface area (Å²) in [6.45, 7) is 2.91. The molecule has 7 nitrogen and oxygen atoms in total. The molecule has 0 bridgehead atoms. The minimum Gasteiger partial charge on any atom is -0.493 e. The van der Waals surface area contributed by atoms with Gasteiger partial charge in [-0.2, -0.15) is 4.98 Å². The Morgan fingerprint density at radius 2 is 1.57 bits per heavy atom. The fourth-order valence-electron chi connectivity index (χ4n) is 3.96. The molecule has 0 aliphatic carbocycles. The van der Waals surface area contributed by atoms with E-state index in [1.54, 1.807) is 31.3 Å². The van der Waals surface area contributed by atoms with E-state index in [9.17, 15) is 9.18 Å². The molecular formula is C29H30FN3O4. The van der Waals surface area contributed by atoms with E-state index in [4.69, 9.17) is 14.0 Å². The summed E-state index contributed by atoms with van der Waals surface area (Å²) in [7, 11) is 3.19. The number of carbonyl (C=O) groups excluding carboxylic acids is 1. The Hall–Kier alpha value is -4.20. The minimum atomic E-state index is -0.331. The van der Waals surface area contributed by atoms with E-state index >= 15 is 0 Å². The van der Waals surface area contributed by atoms with E-state index in [0.717, 1.165) is 22.3 Å². The van der Waals surface area contributed by atoms with Gasteiger partial charge < -0.3 is 18.9 Å². The van der Waals surface area contributed by atoms with Crippen LogP contribution in [0.5, 0.6) is 11.5 Å². The van der Waals surface area contributed by atoms with E-state index in [1.165, 1.54) is 12.1 Å². The van der Waals surface area contributed by atoms with Crippen molar-refractivity contribution in [3.05, 3.63) is 95.1 Å². The fraction of sp³-hybridized carbons (Fsp3) is 0.276. The van der Waals surface area contributed by atoms with Crippen molar-refractivity contribution >= 4 is 5.91 Å². The van der Waals surface area contributed by atoms with Gasteiger partial charge in [0.25, 0.3) is 0 Å². The molecule has 0 unspecified atom stereocenters. The molecule has 1 heterocycles. The first-order chi connectivity index (χ1) is 17.9. The molecule has 4 aromatic rings. The fourth-order valence-corrected chi connectivity index (χ4v) is 3.96. The number of ether oxygens (including phenoxy) is 2. The predicted molar refractivity (Wildman–Crippen MR) is 138 cm³/mol. The highest BCUT2D eigenvalue weighted by molar-refractivity contribution is 5.78. The van der Waals surface area contributed by atoms with Gasteiger partial charge in [-0.15, -0.1) is 0 Å². The molecule has 0 N–H and O–H groups in total. The van der Waals surface area contributed by atoms with Crippen molar-refractivity contribution in [3.63, 3.8) is 0 Å². The van der Waals surface area contributed by atoms with Gasteiger partial charge in [0.15, 0.2) is 11.5 Å². The maximum absolute atomic E-state index is 13.3. The second-order valence-corrected chi connectivity index (χ2v) is 8.75. The average Bonchev–Trinajstić information content (AvgIpc) is 3.39. The van der Waals surface area contributed by atoms with E-state index in [2.05, 4.69) is 10.1 Å². The molecule has 0 aliphatic heterocycles. The van der Waals surface area contributed by atoms with Gasteiger partial charge in [-0.3, -0.25) is 4.79 Å². The molecule has 1 amide bonds. The monoisotopic (exact) mass is 503 g/mol. The van der Waals surface area contributed by atoms with E-state index < -0.39 is 0 Å². The minimum absolute atomic E-state index is 0.0645. The van der Waals surface area contributed by atoms with Crippen LogP contribution in [-0.2, 0) is 24.1 Å². The van der Waals surface area contributed by atoms with Crippen LogP contribution in [-0.4, -0.2) is 48.3 Å². The Kier molecular flexibility index (Phi) is 8.51. The van der Waals surface area contributed by atoms with Crippen molar-refractivity contribution in [1.82, 2.24) is 15.0 Å². The molecule has 0 spiro atoms. The van der Waals surface area contributed by atoms with Crippen molar-refractivity contribution in [2.75, 3.05) is 27.3 Å². The normalized spacial score (nSPS) is 10.8. The number of nitrogens with zero attached hydrogens (tertiary/aromatic N) is 3. The first kappa shape index (κ1) is 25.9. The van der Waals surface area contributed by atoms with E-state index in [1.807, 2.05) is 49.4 Å². The van der Waals surface area contributed by atoms with Crippen LogP contribution in [0.1, 0.15) is 22.6 Å². The lowest BCUT2D eigenvalue weighted by Gasteiger charge is -2.22. The molecule has 0 saturated heterocycles. The second kappa shape index (κ2) is 12.2. The molecule has 0 radical (unpaired) electrons. The maximum atomic E-state index is 13.3. The molecule has 0 atom stereocenters. The van der Waals surface area contributed by atoms with E-state index in [-0.39, 0.29) is 18.1 Å². The van der Waals surface area contributed by atoms with Crippen LogP contribution in [0, 0.1) is 12.7 Å². The number of amides is 1. The zero-order chi connectivity index (χ0) is 26.2. The summed E-state index contributed by atoms with van der Waals surface area (Å²) < 4.78 is 29.5. The number of hydrogen-bond acceptors (Lipinski definition) is 6. The third-order valence-corrected chi connectivity index (χ3v) is 6.11. The molecule has 0 aliphatic rings. The molecule has 4 rings (SSSR count). The third-order valence-electron chi connectivity index (χ3n) is 6.11. The van der Waals surface area contributed by atoms with Crippen molar-refractivity contribution in [3.8, 4) is 22.9 Å². The Labute approximate surface area is 215 Å². The number of halogens is 1. The highest BCUT2D eigenvalue weighted by atomic mass is 19.1. The highest BCUT2D eigenvalue weighted by Crippen LogP contribution is 2.27. The number of aryl methyl sites for hydroxylation is 1. The van der Waals surface area contributed by atoms with Gasteiger partial charge in [-0.1, -0.05) is 53.2 Å². The first-order valence-electron chi connectivity index (χ1n) is 12.1. The predicted octanol–water partition coefficient (Wildman–Crippen LogP) is 5.06. The Bertz CT molecular complexity index is 1320. The number of hydrogen-bond donors (Lipinski definition) is 0. The molecule has 192 valence electrons. The second-order valence-electron chi connectivity index (χ2n) is 8.75. The molecule has 0 fully saturated rings. The van der Waals surface area contributed by atoms with Crippen LogP contribution in [0.3, 0.4) is 0 Å². The Morgan fingerprint density at radius 3 is 2.27 bits per heavy atom. The lowest BCUT2D eigenvalue weighted by atomic mass is 10.1. The molecule has 8 heteroatoms. The van der Waals surface area contributed by atoms with Gasteiger partial charge >= 0.3 is 0 Å². The van der Waals surface area contributed by atoms with Crippen LogP contribution in [0.2, 0.25) is 0 Å². The van der Waals surface area contributed by atoms with Crippen LogP contribution in [0.4, 0.5) is 4.39 Å². The number of aromatic nitrogens is 2. The number of benzene rings is 3. The smallest absolute Gasteiger partial charge is 0.228 e. The van der Waals surface area contributed by atoms with Gasteiger partial charge in [-0.25, -0.2) is 4.39 Å².